The summed E-state index contributed by atoms with van der Waals surface area (Å²) in [5, 5.41) is 10.2. The minimum atomic E-state index is -3.66. The fraction of sp³-hybridized carbons (Fsp3) is 0.400. The van der Waals surface area contributed by atoms with Gasteiger partial charge in [-0.1, -0.05) is 18.5 Å². The van der Waals surface area contributed by atoms with Gasteiger partial charge in [0.15, 0.2) is 0 Å². The van der Waals surface area contributed by atoms with Crippen LogP contribution in [0.25, 0.3) is 10.9 Å². The maximum absolute atomic E-state index is 12.5. The highest BCUT2D eigenvalue weighted by Crippen LogP contribution is 2.27. The number of nitrogens with zero attached hydrogens (tertiary/aromatic N) is 1. The predicted molar refractivity (Wildman–Crippen MR) is 87.4 cm³/mol. The van der Waals surface area contributed by atoms with Crippen molar-refractivity contribution in [3.8, 4) is 0 Å². The molecule has 0 radical (unpaired) electrons. The van der Waals surface area contributed by atoms with Gasteiger partial charge in [-0.25, -0.2) is 13.1 Å². The number of nitrogens with one attached hydrogen (secondary N) is 1. The molecule has 22 heavy (non-hydrogen) atoms. The van der Waals surface area contributed by atoms with Gasteiger partial charge in [0, 0.05) is 18.1 Å². The molecule has 2 rings (SSSR count). The fourth-order valence-electron chi connectivity index (χ4n) is 2.34. The molecule has 120 valence electrons. The molecule has 1 aromatic carbocycles. The molecule has 0 fully saturated rings. The molecule has 0 aliphatic rings. The lowest BCUT2D eigenvalue weighted by atomic mass is 10.1. The largest absolute Gasteiger partial charge is 0.393 e. The van der Waals surface area contributed by atoms with Gasteiger partial charge in [0.05, 0.1) is 21.5 Å². The van der Waals surface area contributed by atoms with Crippen LogP contribution in [-0.2, 0) is 10.0 Å². The highest BCUT2D eigenvalue weighted by atomic mass is 35.5. The molecular formula is C15H19ClN2O3S. The van der Waals surface area contributed by atoms with Crippen molar-refractivity contribution in [3.05, 3.63) is 35.5 Å². The van der Waals surface area contributed by atoms with Gasteiger partial charge in [-0.2, -0.15) is 0 Å². The monoisotopic (exact) mass is 342 g/mol. The van der Waals surface area contributed by atoms with E-state index in [1.165, 1.54) is 12.1 Å². The zero-order chi connectivity index (χ0) is 16.3. The summed E-state index contributed by atoms with van der Waals surface area (Å²) >= 11 is 6.06. The number of aromatic nitrogens is 1. The van der Waals surface area contributed by atoms with E-state index >= 15 is 0 Å². The molecule has 7 heteroatoms. The van der Waals surface area contributed by atoms with Gasteiger partial charge in [-0.3, -0.25) is 4.98 Å². The first-order valence-electron chi connectivity index (χ1n) is 7.02. The summed E-state index contributed by atoms with van der Waals surface area (Å²) in [5.74, 6) is 0.0338. The smallest absolute Gasteiger partial charge is 0.241 e. The van der Waals surface area contributed by atoms with Crippen LogP contribution in [0.5, 0.6) is 0 Å². The van der Waals surface area contributed by atoms with Crippen molar-refractivity contribution in [1.82, 2.24) is 9.71 Å². The van der Waals surface area contributed by atoms with E-state index in [0.29, 0.717) is 22.3 Å². The molecule has 2 N–H and O–H groups in total. The molecule has 0 saturated carbocycles. The summed E-state index contributed by atoms with van der Waals surface area (Å²) < 4.78 is 27.6. The number of rotatable bonds is 6. The Kier molecular flexibility index (Phi) is 5.39. The van der Waals surface area contributed by atoms with Crippen LogP contribution >= 0.6 is 11.6 Å². The first-order chi connectivity index (χ1) is 10.3. The van der Waals surface area contributed by atoms with Gasteiger partial charge in [-0.15, -0.1) is 0 Å². The standard InChI is InChI=1S/C15H19ClN2O3S/c1-10(8-11(2)19)9-18-22(20,21)14-6-5-13(16)15-12(14)4-3-7-17-15/h3-7,10-11,18-19H,8-9H2,1-2H3. The number of halogens is 1. The van der Waals surface area contributed by atoms with Gasteiger partial charge in [0.25, 0.3) is 0 Å². The summed E-state index contributed by atoms with van der Waals surface area (Å²) in [5.41, 5.74) is 0.462. The van der Waals surface area contributed by atoms with Crippen LogP contribution in [0.4, 0.5) is 0 Å². The van der Waals surface area contributed by atoms with E-state index < -0.39 is 16.1 Å². The van der Waals surface area contributed by atoms with Crippen molar-refractivity contribution in [2.75, 3.05) is 6.54 Å². The molecule has 5 nitrogen and oxygen atoms in total. The summed E-state index contributed by atoms with van der Waals surface area (Å²) in [7, 11) is -3.66. The number of benzene rings is 1. The first kappa shape index (κ1) is 17.1. The fourth-order valence-corrected chi connectivity index (χ4v) is 3.92. The van der Waals surface area contributed by atoms with Gasteiger partial charge in [0.1, 0.15) is 0 Å². The maximum Gasteiger partial charge on any atom is 0.241 e. The second-order valence-corrected chi connectivity index (χ2v) is 7.63. The van der Waals surface area contributed by atoms with E-state index in [9.17, 15) is 13.5 Å². The molecular weight excluding hydrogens is 324 g/mol. The quantitative estimate of drug-likeness (QED) is 0.845. The van der Waals surface area contributed by atoms with E-state index in [-0.39, 0.29) is 17.4 Å². The van der Waals surface area contributed by atoms with Crippen LogP contribution in [-0.4, -0.2) is 31.2 Å². The normalized spacial score (nSPS) is 14.9. The average molecular weight is 343 g/mol. The van der Waals surface area contributed by atoms with E-state index in [2.05, 4.69) is 9.71 Å². The van der Waals surface area contributed by atoms with Gasteiger partial charge in [-0.05, 0) is 43.5 Å². The Bertz CT molecular complexity index is 762. The van der Waals surface area contributed by atoms with Crippen LogP contribution in [0, 0.1) is 5.92 Å². The molecule has 2 unspecified atom stereocenters. The molecule has 2 atom stereocenters. The van der Waals surface area contributed by atoms with Gasteiger partial charge in [0.2, 0.25) is 10.0 Å². The number of aliphatic hydroxyl groups is 1. The molecule has 0 saturated heterocycles. The van der Waals surface area contributed by atoms with Crippen LogP contribution in [0.1, 0.15) is 20.3 Å². The van der Waals surface area contributed by atoms with Crippen LogP contribution in [0.3, 0.4) is 0 Å². The zero-order valence-corrected chi connectivity index (χ0v) is 14.0. The van der Waals surface area contributed by atoms with Crippen molar-refractivity contribution >= 4 is 32.5 Å². The molecule has 0 amide bonds. The highest BCUT2D eigenvalue weighted by Gasteiger charge is 2.19. The lowest BCUT2D eigenvalue weighted by Gasteiger charge is -2.15. The minimum Gasteiger partial charge on any atom is -0.393 e. The highest BCUT2D eigenvalue weighted by molar-refractivity contribution is 7.89. The average Bonchev–Trinajstić information content (AvgIpc) is 2.45. The Morgan fingerprint density at radius 3 is 2.73 bits per heavy atom. The van der Waals surface area contributed by atoms with E-state index in [1.807, 2.05) is 6.92 Å². The van der Waals surface area contributed by atoms with E-state index in [4.69, 9.17) is 11.6 Å². The number of sulfonamides is 1. The molecule has 0 aliphatic heterocycles. The zero-order valence-electron chi connectivity index (χ0n) is 12.5. The van der Waals surface area contributed by atoms with E-state index in [1.54, 1.807) is 25.3 Å². The van der Waals surface area contributed by atoms with E-state index in [0.717, 1.165) is 0 Å². The van der Waals surface area contributed by atoms with Crippen molar-refractivity contribution in [3.63, 3.8) is 0 Å². The first-order valence-corrected chi connectivity index (χ1v) is 8.88. The lowest BCUT2D eigenvalue weighted by Crippen LogP contribution is -2.29. The number of aliphatic hydroxyl groups excluding tert-OH is 1. The lowest BCUT2D eigenvalue weighted by molar-refractivity contribution is 0.165. The van der Waals surface area contributed by atoms with Crippen molar-refractivity contribution in [2.24, 2.45) is 5.92 Å². The maximum atomic E-state index is 12.5. The summed E-state index contributed by atoms with van der Waals surface area (Å²) in [6.07, 6.45) is 1.65. The summed E-state index contributed by atoms with van der Waals surface area (Å²) in [4.78, 5) is 4.29. The number of fused-ring (bicyclic) bond motifs is 1. The molecule has 0 spiro atoms. The Labute approximate surface area is 135 Å². The summed E-state index contributed by atoms with van der Waals surface area (Å²) in [6.45, 7) is 3.83. The van der Waals surface area contributed by atoms with Crippen molar-refractivity contribution < 1.29 is 13.5 Å². The van der Waals surface area contributed by atoms with Gasteiger partial charge >= 0.3 is 0 Å². The SMILES string of the molecule is CC(O)CC(C)CNS(=O)(=O)c1ccc(Cl)c2ncccc12. The topological polar surface area (TPSA) is 79.3 Å². The Morgan fingerprint density at radius 1 is 1.32 bits per heavy atom. The Hall–Kier alpha value is -1.21. The van der Waals surface area contributed by atoms with Crippen LogP contribution in [0.2, 0.25) is 5.02 Å². The molecule has 1 aromatic heterocycles. The minimum absolute atomic E-state index is 0.0338. The van der Waals surface area contributed by atoms with Crippen molar-refractivity contribution in [2.45, 2.75) is 31.3 Å². The molecule has 2 aromatic rings. The predicted octanol–water partition coefficient (Wildman–Crippen LogP) is 2.57. The third-order valence-corrected chi connectivity index (χ3v) is 5.12. The Balaban J connectivity index is 2.29. The number of hydrogen-bond acceptors (Lipinski definition) is 4. The third kappa shape index (κ3) is 3.95. The second kappa shape index (κ2) is 6.91. The third-order valence-electron chi connectivity index (χ3n) is 3.34. The number of pyridine rings is 1. The van der Waals surface area contributed by atoms with Crippen LogP contribution in [0.15, 0.2) is 35.4 Å². The molecule has 0 aliphatic carbocycles. The summed E-state index contributed by atoms with van der Waals surface area (Å²) in [6, 6.07) is 6.37. The van der Waals surface area contributed by atoms with Gasteiger partial charge < -0.3 is 5.11 Å². The molecule has 0 bridgehead atoms. The Morgan fingerprint density at radius 2 is 2.05 bits per heavy atom. The molecule has 1 heterocycles. The second-order valence-electron chi connectivity index (χ2n) is 5.49. The number of hydrogen-bond donors (Lipinski definition) is 2. The van der Waals surface area contributed by atoms with Crippen LogP contribution < -0.4 is 4.72 Å². The van der Waals surface area contributed by atoms with Crippen molar-refractivity contribution in [1.29, 1.82) is 0 Å².